The number of nitrogens with one attached hydrogen (secondary N) is 1. The summed E-state index contributed by atoms with van der Waals surface area (Å²) in [4.78, 5) is 23.4. The van der Waals surface area contributed by atoms with Crippen LogP contribution in [0.3, 0.4) is 0 Å². The highest BCUT2D eigenvalue weighted by Crippen LogP contribution is 2.35. The largest absolute Gasteiger partial charge is 0.416 e. The van der Waals surface area contributed by atoms with Crippen molar-refractivity contribution in [3.05, 3.63) is 51.4 Å². The number of fused-ring (bicyclic) bond motifs is 1. The number of aromatic nitrogens is 3. The number of alkyl halides is 3. The maximum absolute atomic E-state index is 13.9. The fraction of sp³-hybridized carbons (Fsp3) is 0.458. The molecule has 2 aliphatic rings. The van der Waals surface area contributed by atoms with Crippen LogP contribution in [0.25, 0.3) is 5.65 Å². The number of likely N-dealkylation sites (N-methyl/N-ethyl adjacent to an activating group) is 1. The number of amides is 1. The summed E-state index contributed by atoms with van der Waals surface area (Å²) >= 11 is 2.16. The van der Waals surface area contributed by atoms with Crippen molar-refractivity contribution in [2.45, 2.75) is 19.1 Å². The molecule has 0 radical (unpaired) electrons. The van der Waals surface area contributed by atoms with E-state index in [0.717, 1.165) is 47.4 Å². The standard InChI is InChI=1S/C24H27F3IN7O/c1-32-8-10-33(11-9-32)14-16-2-3-18(12-19(16)24(25,26)27)30-23(36)17-6-7-34(15-17)22-5-4-21-29-13-20(28)35(21)31-22/h2-5,12-13,17H,6-11,14-15H2,1H3,(H,30,36)/t17-/m1/s1. The Labute approximate surface area is 220 Å². The Morgan fingerprint density at radius 2 is 1.92 bits per heavy atom. The molecular weight excluding hydrogens is 586 g/mol. The Bertz CT molecular complexity index is 1260. The molecule has 192 valence electrons. The van der Waals surface area contributed by atoms with Gasteiger partial charge < -0.3 is 15.1 Å². The molecule has 2 fully saturated rings. The number of nitrogens with zero attached hydrogens (tertiary/aromatic N) is 6. The zero-order valence-corrected chi connectivity index (χ0v) is 22.0. The zero-order chi connectivity index (χ0) is 25.4. The average molecular weight is 613 g/mol. The maximum Gasteiger partial charge on any atom is 0.416 e. The Hall–Kier alpha value is -2.45. The third-order valence-corrected chi connectivity index (χ3v) is 7.60. The van der Waals surface area contributed by atoms with Crippen LogP contribution in [-0.2, 0) is 17.5 Å². The van der Waals surface area contributed by atoms with Crippen LogP contribution in [0.15, 0.2) is 36.5 Å². The fourth-order valence-corrected chi connectivity index (χ4v) is 5.23. The van der Waals surface area contributed by atoms with Crippen molar-refractivity contribution >= 4 is 45.7 Å². The van der Waals surface area contributed by atoms with Crippen molar-refractivity contribution in [1.82, 2.24) is 24.4 Å². The van der Waals surface area contributed by atoms with Crippen LogP contribution in [0.5, 0.6) is 0 Å². The predicted octanol–water partition coefficient (Wildman–Crippen LogP) is 3.57. The zero-order valence-electron chi connectivity index (χ0n) is 19.8. The molecule has 3 aromatic rings. The summed E-state index contributed by atoms with van der Waals surface area (Å²) in [6, 6.07) is 7.87. The predicted molar refractivity (Wildman–Crippen MR) is 139 cm³/mol. The molecule has 2 aromatic heterocycles. The van der Waals surface area contributed by atoms with Gasteiger partial charge >= 0.3 is 6.18 Å². The smallest absolute Gasteiger partial charge is 0.354 e. The van der Waals surface area contributed by atoms with Crippen LogP contribution in [0.4, 0.5) is 24.7 Å². The highest BCUT2D eigenvalue weighted by molar-refractivity contribution is 14.1. The number of carbonyl (C=O) groups excluding carboxylic acids is 1. The third-order valence-electron chi connectivity index (χ3n) is 6.86. The number of hydrogen-bond acceptors (Lipinski definition) is 6. The molecule has 0 aliphatic carbocycles. The molecule has 0 saturated carbocycles. The van der Waals surface area contributed by atoms with Gasteiger partial charge in [0.1, 0.15) is 9.52 Å². The van der Waals surface area contributed by atoms with Crippen LogP contribution in [-0.4, -0.2) is 76.6 Å². The van der Waals surface area contributed by atoms with Crippen LogP contribution >= 0.6 is 22.6 Å². The Kier molecular flexibility index (Phi) is 7.10. The molecule has 0 bridgehead atoms. The summed E-state index contributed by atoms with van der Waals surface area (Å²) in [5, 5.41) is 7.32. The molecule has 4 heterocycles. The van der Waals surface area contributed by atoms with Crippen LogP contribution in [0.1, 0.15) is 17.5 Å². The van der Waals surface area contributed by atoms with Crippen LogP contribution in [0, 0.1) is 9.62 Å². The van der Waals surface area contributed by atoms with E-state index in [-0.39, 0.29) is 29.6 Å². The van der Waals surface area contributed by atoms with E-state index in [0.29, 0.717) is 19.5 Å². The molecule has 1 N–H and O–H groups in total. The molecule has 1 aromatic carbocycles. The second kappa shape index (κ2) is 10.1. The van der Waals surface area contributed by atoms with Crippen molar-refractivity contribution in [3.8, 4) is 0 Å². The van der Waals surface area contributed by atoms with Crippen molar-refractivity contribution in [3.63, 3.8) is 0 Å². The molecule has 0 spiro atoms. The Balaban J connectivity index is 1.26. The maximum atomic E-state index is 13.9. The lowest BCUT2D eigenvalue weighted by molar-refractivity contribution is -0.138. The van der Waals surface area contributed by atoms with Gasteiger partial charge in [-0.3, -0.25) is 9.69 Å². The lowest BCUT2D eigenvalue weighted by Crippen LogP contribution is -2.44. The highest BCUT2D eigenvalue weighted by atomic mass is 127. The number of rotatable bonds is 5. The van der Waals surface area contributed by atoms with Gasteiger partial charge in [0, 0.05) is 51.5 Å². The van der Waals surface area contributed by atoms with Gasteiger partial charge in [0.15, 0.2) is 5.65 Å². The monoisotopic (exact) mass is 613 g/mol. The third kappa shape index (κ3) is 5.44. The molecule has 2 aliphatic heterocycles. The van der Waals surface area contributed by atoms with Gasteiger partial charge in [0.05, 0.1) is 17.7 Å². The molecule has 1 atom stereocenters. The van der Waals surface area contributed by atoms with Gasteiger partial charge in [-0.05, 0) is 65.9 Å². The van der Waals surface area contributed by atoms with Crippen LogP contribution in [0.2, 0.25) is 0 Å². The fourth-order valence-electron chi connectivity index (χ4n) is 4.73. The first-order valence-electron chi connectivity index (χ1n) is 11.8. The number of anilines is 2. The first kappa shape index (κ1) is 25.2. The Morgan fingerprint density at radius 3 is 2.67 bits per heavy atom. The summed E-state index contributed by atoms with van der Waals surface area (Å²) in [6.07, 6.45) is -2.17. The minimum absolute atomic E-state index is 0.167. The SMILES string of the molecule is CN1CCN(Cc2ccc(NC(=O)[C@@H]3CCN(c4ccc5ncc(I)n5n4)C3)cc2C(F)(F)F)CC1. The van der Waals surface area contributed by atoms with Crippen molar-refractivity contribution in [2.24, 2.45) is 5.92 Å². The number of piperazine rings is 1. The van der Waals surface area contributed by atoms with E-state index in [4.69, 9.17) is 0 Å². The van der Waals surface area contributed by atoms with Crippen molar-refractivity contribution in [1.29, 1.82) is 0 Å². The normalized spacial score (nSPS) is 19.8. The molecule has 12 heteroatoms. The minimum Gasteiger partial charge on any atom is -0.354 e. The van der Waals surface area contributed by atoms with Gasteiger partial charge in [-0.15, -0.1) is 5.10 Å². The lowest BCUT2D eigenvalue weighted by atomic mass is 10.0. The number of imidazole rings is 1. The van der Waals surface area contributed by atoms with Gasteiger partial charge in [-0.2, -0.15) is 13.2 Å². The number of carbonyl (C=O) groups is 1. The number of hydrogen-bond donors (Lipinski definition) is 1. The van der Waals surface area contributed by atoms with E-state index in [9.17, 15) is 18.0 Å². The van der Waals surface area contributed by atoms with Gasteiger partial charge in [0.25, 0.3) is 0 Å². The quantitative estimate of drug-likeness (QED) is 0.445. The van der Waals surface area contributed by atoms with E-state index in [2.05, 4.69) is 42.9 Å². The first-order chi connectivity index (χ1) is 17.2. The minimum atomic E-state index is -4.50. The highest BCUT2D eigenvalue weighted by Gasteiger charge is 2.35. The van der Waals surface area contributed by atoms with Gasteiger partial charge in [-0.1, -0.05) is 6.07 Å². The van der Waals surface area contributed by atoms with E-state index in [1.165, 1.54) is 6.07 Å². The first-order valence-corrected chi connectivity index (χ1v) is 12.9. The van der Waals surface area contributed by atoms with Crippen molar-refractivity contribution < 1.29 is 18.0 Å². The molecule has 8 nitrogen and oxygen atoms in total. The summed E-state index contributed by atoms with van der Waals surface area (Å²) < 4.78 is 44.3. The molecule has 36 heavy (non-hydrogen) atoms. The summed E-state index contributed by atoms with van der Waals surface area (Å²) in [5.74, 6) is 0.112. The molecule has 5 rings (SSSR count). The Morgan fingerprint density at radius 1 is 1.14 bits per heavy atom. The molecule has 1 amide bonds. The van der Waals surface area contributed by atoms with E-state index in [1.807, 2.05) is 29.0 Å². The molecule has 2 saturated heterocycles. The summed E-state index contributed by atoms with van der Waals surface area (Å²) in [7, 11) is 2.01. The lowest BCUT2D eigenvalue weighted by Gasteiger charge is -2.33. The number of halogens is 4. The average Bonchev–Trinajstić information content (AvgIpc) is 3.48. The van der Waals surface area contributed by atoms with Crippen molar-refractivity contribution in [2.75, 3.05) is 56.5 Å². The van der Waals surface area contributed by atoms with E-state index < -0.39 is 11.7 Å². The van der Waals surface area contributed by atoms with E-state index >= 15 is 0 Å². The molecule has 0 unspecified atom stereocenters. The summed E-state index contributed by atoms with van der Waals surface area (Å²) in [6.45, 7) is 4.45. The topological polar surface area (TPSA) is 69.0 Å². The number of benzene rings is 1. The second-order valence-corrected chi connectivity index (χ2v) is 10.5. The van der Waals surface area contributed by atoms with E-state index in [1.54, 1.807) is 16.8 Å². The summed E-state index contributed by atoms with van der Waals surface area (Å²) in [5.41, 5.74) is 0.445. The van der Waals surface area contributed by atoms with Gasteiger partial charge in [-0.25, -0.2) is 9.50 Å². The van der Waals surface area contributed by atoms with Crippen LogP contribution < -0.4 is 10.2 Å². The van der Waals surface area contributed by atoms with Gasteiger partial charge in [0.2, 0.25) is 5.91 Å². The second-order valence-electron chi connectivity index (χ2n) is 9.41. The molecular formula is C24H27F3IN7O.